The molecule has 27 heavy (non-hydrogen) atoms. The molecule has 4 rings (SSSR count). The first-order valence-corrected chi connectivity index (χ1v) is 8.99. The molecule has 3 N–H and O–H groups in total. The number of carboxylic acids is 1. The number of carboxylic acid groups (broad SMARTS) is 1. The third-order valence-corrected chi connectivity index (χ3v) is 5.77. The summed E-state index contributed by atoms with van der Waals surface area (Å²) in [5.74, 6) is -1.07. The van der Waals surface area contributed by atoms with Gasteiger partial charge in [-0.15, -0.1) is 0 Å². The molecule has 1 spiro atoms. The summed E-state index contributed by atoms with van der Waals surface area (Å²) >= 11 is 0. The Morgan fingerprint density at radius 3 is 2.56 bits per heavy atom. The number of carbonyl (C=O) groups excluding carboxylic acids is 1. The lowest BCUT2D eigenvalue weighted by atomic mass is 9.89. The van der Waals surface area contributed by atoms with Gasteiger partial charge in [0.2, 0.25) is 5.91 Å². The van der Waals surface area contributed by atoms with Crippen molar-refractivity contribution in [3.05, 3.63) is 53.6 Å². The molecule has 1 heterocycles. The van der Waals surface area contributed by atoms with Crippen molar-refractivity contribution >= 4 is 28.9 Å². The Bertz CT molecular complexity index is 953. The van der Waals surface area contributed by atoms with Crippen LogP contribution in [0.5, 0.6) is 0 Å². The molecular formula is C21H22N2O4. The van der Waals surface area contributed by atoms with Crippen molar-refractivity contribution < 1.29 is 19.8 Å². The standard InChI is InChI=1S/C21H22N2O4/c1-20(2)12-21(20)16-5-3-4-6-17(16)23(19(21)27)15-10-13(18(25)26)9-14(11-15)22-7-8-24/h3-6,9-11,22,24H,7-8,12H2,1-2H3,(H,25,26)/t21-/m0/s1. The van der Waals surface area contributed by atoms with Crippen molar-refractivity contribution in [3.8, 4) is 0 Å². The van der Waals surface area contributed by atoms with E-state index >= 15 is 0 Å². The molecule has 0 aromatic heterocycles. The lowest BCUT2D eigenvalue weighted by Crippen LogP contribution is -2.31. The second kappa shape index (κ2) is 5.82. The number of para-hydroxylation sites is 1. The van der Waals surface area contributed by atoms with E-state index in [4.69, 9.17) is 5.11 Å². The normalized spacial score (nSPS) is 22.0. The van der Waals surface area contributed by atoms with Crippen molar-refractivity contribution in [1.29, 1.82) is 0 Å². The van der Waals surface area contributed by atoms with Gasteiger partial charge in [-0.25, -0.2) is 4.79 Å². The molecule has 1 fully saturated rings. The number of hydrogen-bond donors (Lipinski definition) is 3. The lowest BCUT2D eigenvalue weighted by molar-refractivity contribution is -0.120. The van der Waals surface area contributed by atoms with Gasteiger partial charge in [-0.1, -0.05) is 32.0 Å². The summed E-state index contributed by atoms with van der Waals surface area (Å²) in [5, 5.41) is 21.5. The summed E-state index contributed by atoms with van der Waals surface area (Å²) in [6, 6.07) is 12.5. The molecule has 1 saturated carbocycles. The number of amides is 1. The van der Waals surface area contributed by atoms with Crippen LogP contribution < -0.4 is 10.2 Å². The number of fused-ring (bicyclic) bond motifs is 2. The van der Waals surface area contributed by atoms with E-state index in [2.05, 4.69) is 19.2 Å². The summed E-state index contributed by atoms with van der Waals surface area (Å²) in [6.45, 7) is 4.40. The molecule has 6 nitrogen and oxygen atoms in total. The van der Waals surface area contributed by atoms with E-state index in [1.54, 1.807) is 11.0 Å². The average Bonchev–Trinajstić information content (AvgIpc) is 3.14. The Balaban J connectivity index is 1.85. The molecule has 0 radical (unpaired) electrons. The maximum atomic E-state index is 13.5. The van der Waals surface area contributed by atoms with Gasteiger partial charge < -0.3 is 15.5 Å². The minimum atomic E-state index is -1.06. The molecule has 2 aromatic rings. The number of rotatable bonds is 5. The molecule has 2 aromatic carbocycles. The first-order chi connectivity index (χ1) is 12.8. The number of aromatic carboxylic acids is 1. The molecule has 1 atom stereocenters. The summed E-state index contributed by atoms with van der Waals surface area (Å²) < 4.78 is 0. The predicted molar refractivity (Wildman–Crippen MR) is 103 cm³/mol. The third kappa shape index (κ3) is 2.44. The zero-order valence-corrected chi connectivity index (χ0v) is 15.3. The largest absolute Gasteiger partial charge is 0.478 e. The number of benzene rings is 2. The monoisotopic (exact) mass is 366 g/mol. The Kier molecular flexibility index (Phi) is 3.78. The van der Waals surface area contributed by atoms with E-state index in [-0.39, 0.29) is 23.5 Å². The molecule has 1 aliphatic heterocycles. The van der Waals surface area contributed by atoms with Crippen molar-refractivity contribution in [2.45, 2.75) is 25.7 Å². The topological polar surface area (TPSA) is 89.9 Å². The van der Waals surface area contributed by atoms with Crippen LogP contribution in [0, 0.1) is 5.41 Å². The van der Waals surface area contributed by atoms with Crippen molar-refractivity contribution in [2.24, 2.45) is 5.41 Å². The minimum absolute atomic E-state index is 0.00986. The van der Waals surface area contributed by atoms with Gasteiger partial charge in [0.15, 0.2) is 0 Å². The van der Waals surface area contributed by atoms with Crippen molar-refractivity contribution in [3.63, 3.8) is 0 Å². The fourth-order valence-electron chi connectivity index (χ4n) is 4.31. The Morgan fingerprint density at radius 1 is 1.22 bits per heavy atom. The highest BCUT2D eigenvalue weighted by Gasteiger charge is 2.71. The van der Waals surface area contributed by atoms with Crippen molar-refractivity contribution in [1.82, 2.24) is 0 Å². The van der Waals surface area contributed by atoms with E-state index in [0.717, 1.165) is 17.7 Å². The highest BCUT2D eigenvalue weighted by molar-refractivity contribution is 6.16. The van der Waals surface area contributed by atoms with E-state index in [1.165, 1.54) is 12.1 Å². The molecule has 140 valence electrons. The quantitative estimate of drug-likeness (QED) is 0.756. The van der Waals surface area contributed by atoms with Crippen LogP contribution in [-0.4, -0.2) is 35.2 Å². The number of hydrogen-bond acceptors (Lipinski definition) is 4. The second-order valence-electron chi connectivity index (χ2n) is 7.85. The molecule has 0 bridgehead atoms. The van der Waals surface area contributed by atoms with Crippen LogP contribution in [0.25, 0.3) is 0 Å². The van der Waals surface area contributed by atoms with E-state index in [1.807, 2.05) is 24.3 Å². The smallest absolute Gasteiger partial charge is 0.335 e. The van der Waals surface area contributed by atoms with Gasteiger partial charge in [0, 0.05) is 12.2 Å². The van der Waals surface area contributed by atoms with Crippen LogP contribution in [0.15, 0.2) is 42.5 Å². The number of aliphatic hydroxyl groups excluding tert-OH is 1. The number of nitrogens with zero attached hydrogens (tertiary/aromatic N) is 1. The van der Waals surface area contributed by atoms with Gasteiger partial charge in [0.1, 0.15) is 0 Å². The van der Waals surface area contributed by atoms with Gasteiger partial charge in [-0.3, -0.25) is 9.69 Å². The van der Waals surface area contributed by atoms with Crippen LogP contribution in [-0.2, 0) is 10.2 Å². The zero-order chi connectivity index (χ0) is 19.4. The van der Waals surface area contributed by atoms with E-state index < -0.39 is 11.4 Å². The van der Waals surface area contributed by atoms with Crippen LogP contribution in [0.4, 0.5) is 17.1 Å². The number of aliphatic hydroxyl groups is 1. The van der Waals surface area contributed by atoms with Gasteiger partial charge >= 0.3 is 5.97 Å². The van der Waals surface area contributed by atoms with E-state index in [0.29, 0.717) is 17.9 Å². The maximum absolute atomic E-state index is 13.5. The molecule has 6 heteroatoms. The SMILES string of the molecule is CC1(C)C[C@]12C(=O)N(c1cc(NCCO)cc(C(=O)O)c1)c1ccccc12. The summed E-state index contributed by atoms with van der Waals surface area (Å²) in [7, 11) is 0. The van der Waals surface area contributed by atoms with Gasteiger partial charge in [0.05, 0.1) is 29.0 Å². The summed E-state index contributed by atoms with van der Waals surface area (Å²) in [4.78, 5) is 26.7. The lowest BCUT2D eigenvalue weighted by Gasteiger charge is -2.21. The summed E-state index contributed by atoms with van der Waals surface area (Å²) in [6.07, 6.45) is 0.778. The van der Waals surface area contributed by atoms with Crippen LogP contribution in [0.2, 0.25) is 0 Å². The highest BCUT2D eigenvalue weighted by atomic mass is 16.4. The first-order valence-electron chi connectivity index (χ1n) is 8.99. The number of nitrogens with one attached hydrogen (secondary N) is 1. The van der Waals surface area contributed by atoms with Gasteiger partial charge in [-0.2, -0.15) is 0 Å². The Morgan fingerprint density at radius 2 is 1.93 bits per heavy atom. The molecule has 1 aliphatic carbocycles. The fraction of sp³-hybridized carbons (Fsp3) is 0.333. The van der Waals surface area contributed by atoms with Crippen LogP contribution in [0.1, 0.15) is 36.2 Å². The molecule has 0 unspecified atom stereocenters. The van der Waals surface area contributed by atoms with E-state index in [9.17, 15) is 14.7 Å². The van der Waals surface area contributed by atoms with Crippen molar-refractivity contribution in [2.75, 3.05) is 23.4 Å². The number of carbonyl (C=O) groups is 2. The number of anilines is 3. The average molecular weight is 366 g/mol. The minimum Gasteiger partial charge on any atom is -0.478 e. The Labute approximate surface area is 157 Å². The van der Waals surface area contributed by atoms with Gasteiger partial charge in [0.25, 0.3) is 0 Å². The molecular weight excluding hydrogens is 344 g/mol. The molecule has 2 aliphatic rings. The predicted octanol–water partition coefficient (Wildman–Crippen LogP) is 3.14. The molecule has 0 saturated heterocycles. The maximum Gasteiger partial charge on any atom is 0.335 e. The third-order valence-electron chi connectivity index (χ3n) is 5.77. The Hall–Kier alpha value is -2.86. The zero-order valence-electron chi connectivity index (χ0n) is 15.3. The summed E-state index contributed by atoms with van der Waals surface area (Å²) in [5.41, 5.74) is 2.31. The van der Waals surface area contributed by atoms with Crippen LogP contribution >= 0.6 is 0 Å². The molecule has 1 amide bonds. The second-order valence-corrected chi connectivity index (χ2v) is 7.85. The highest BCUT2D eigenvalue weighted by Crippen LogP contribution is 2.70. The van der Waals surface area contributed by atoms with Gasteiger partial charge in [-0.05, 0) is 41.7 Å². The first kappa shape index (κ1) is 17.5. The van der Waals surface area contributed by atoms with Crippen LogP contribution in [0.3, 0.4) is 0 Å². The fourth-order valence-corrected chi connectivity index (χ4v) is 4.31.